The fourth-order valence-electron chi connectivity index (χ4n) is 4.27. The lowest BCUT2D eigenvalue weighted by Gasteiger charge is -2.20. The summed E-state index contributed by atoms with van der Waals surface area (Å²) in [5.41, 5.74) is 9.64. The third-order valence-electron chi connectivity index (χ3n) is 6.20. The molecule has 3 N–H and O–H groups in total. The van der Waals surface area contributed by atoms with E-state index in [4.69, 9.17) is 5.73 Å². The number of benzene rings is 2. The largest absolute Gasteiger partial charge is 0.392 e. The van der Waals surface area contributed by atoms with Crippen molar-refractivity contribution in [3.05, 3.63) is 87.2 Å². The van der Waals surface area contributed by atoms with E-state index in [2.05, 4.69) is 15.1 Å². The molecule has 0 unspecified atom stereocenters. The van der Waals surface area contributed by atoms with Crippen LogP contribution in [0.2, 0.25) is 0 Å². The third kappa shape index (κ3) is 3.47. The van der Waals surface area contributed by atoms with Crippen molar-refractivity contribution in [3.63, 3.8) is 0 Å². The maximum Gasteiger partial charge on any atom is 0.282 e. The summed E-state index contributed by atoms with van der Waals surface area (Å²) in [6.45, 7) is 6.06. The van der Waals surface area contributed by atoms with Crippen molar-refractivity contribution in [1.82, 2.24) is 14.8 Å². The molecule has 2 aromatic carbocycles. The SMILES string of the molecule is CC(C)(C)c1cc(F)c2c(=O)n(-c3cccc(-c4cc5c(cn4)CN=C5N)c3CO)ncc2c1. The maximum atomic E-state index is 15.1. The first-order valence-corrected chi connectivity index (χ1v) is 10.9. The Morgan fingerprint density at radius 3 is 2.68 bits per heavy atom. The van der Waals surface area contributed by atoms with Gasteiger partial charge in [-0.05, 0) is 35.2 Å². The van der Waals surface area contributed by atoms with Crippen LogP contribution in [-0.2, 0) is 18.6 Å². The molecule has 1 aliphatic rings. The molecule has 0 aliphatic carbocycles. The van der Waals surface area contributed by atoms with E-state index in [9.17, 15) is 9.90 Å². The molecule has 0 spiro atoms. The van der Waals surface area contributed by atoms with E-state index in [1.807, 2.05) is 26.8 Å². The lowest BCUT2D eigenvalue weighted by molar-refractivity contribution is 0.281. The molecule has 0 atom stereocenters. The van der Waals surface area contributed by atoms with Gasteiger partial charge in [0.25, 0.3) is 5.56 Å². The summed E-state index contributed by atoms with van der Waals surface area (Å²) in [4.78, 5) is 22.1. The highest BCUT2D eigenvalue weighted by Crippen LogP contribution is 2.30. The first kappa shape index (κ1) is 21.9. The topological polar surface area (TPSA) is 106 Å². The van der Waals surface area contributed by atoms with Crippen LogP contribution in [0.25, 0.3) is 27.7 Å². The van der Waals surface area contributed by atoms with Gasteiger partial charge in [0, 0.05) is 33.8 Å². The number of hydrogen-bond acceptors (Lipinski definition) is 6. The van der Waals surface area contributed by atoms with E-state index in [1.54, 1.807) is 30.5 Å². The lowest BCUT2D eigenvalue weighted by Crippen LogP contribution is -2.24. The van der Waals surface area contributed by atoms with E-state index in [1.165, 1.54) is 12.3 Å². The molecule has 5 rings (SSSR count). The summed E-state index contributed by atoms with van der Waals surface area (Å²) in [6.07, 6.45) is 3.19. The van der Waals surface area contributed by atoms with Gasteiger partial charge in [-0.25, -0.2) is 4.39 Å². The van der Waals surface area contributed by atoms with E-state index in [-0.39, 0.29) is 17.4 Å². The van der Waals surface area contributed by atoms with Crippen LogP contribution in [0.4, 0.5) is 4.39 Å². The molecular formula is C26H24FN5O2. The Morgan fingerprint density at radius 1 is 1.15 bits per heavy atom. The fraction of sp³-hybridized carbons (Fsp3) is 0.231. The molecule has 1 aliphatic heterocycles. The van der Waals surface area contributed by atoms with Crippen molar-refractivity contribution in [3.8, 4) is 16.9 Å². The van der Waals surface area contributed by atoms with Gasteiger partial charge in [-0.1, -0.05) is 32.9 Å². The molecule has 0 amide bonds. The Kier molecular flexibility index (Phi) is 5.06. The summed E-state index contributed by atoms with van der Waals surface area (Å²) in [5.74, 6) is -0.154. The molecule has 0 radical (unpaired) electrons. The van der Waals surface area contributed by atoms with E-state index in [0.717, 1.165) is 21.4 Å². The Labute approximate surface area is 195 Å². The number of nitrogens with two attached hydrogens (primary N) is 1. The molecule has 2 aromatic heterocycles. The first-order chi connectivity index (χ1) is 16.2. The minimum atomic E-state index is -0.597. The summed E-state index contributed by atoms with van der Waals surface area (Å²) in [6, 6.07) is 10.2. The van der Waals surface area contributed by atoms with Crippen molar-refractivity contribution >= 4 is 16.6 Å². The van der Waals surface area contributed by atoms with E-state index >= 15 is 4.39 Å². The van der Waals surface area contributed by atoms with Gasteiger partial charge in [-0.15, -0.1) is 0 Å². The van der Waals surface area contributed by atoms with Crippen LogP contribution < -0.4 is 11.3 Å². The normalized spacial score (nSPS) is 13.3. The van der Waals surface area contributed by atoms with Crippen molar-refractivity contribution in [2.45, 2.75) is 39.3 Å². The molecule has 4 aromatic rings. The monoisotopic (exact) mass is 457 g/mol. The number of aliphatic hydroxyl groups is 1. The summed E-state index contributed by atoms with van der Waals surface area (Å²) < 4.78 is 16.2. The first-order valence-electron chi connectivity index (χ1n) is 10.9. The van der Waals surface area contributed by atoms with Crippen LogP contribution in [0, 0.1) is 5.82 Å². The highest BCUT2D eigenvalue weighted by Gasteiger charge is 2.21. The Hall–Kier alpha value is -3.91. The standard InChI is InChI=1S/C26H24FN5O2/c1-26(2,3)16-7-14-12-31-32(25(34)23(14)20(27)8-16)22-6-4-5-17(19(22)13-33)21-9-18-15(10-29-21)11-30-24(18)28/h4-10,12,33H,11,13H2,1-3H3,(H2,28,30). The fourth-order valence-corrected chi connectivity index (χ4v) is 4.27. The van der Waals surface area contributed by atoms with Gasteiger partial charge in [0.1, 0.15) is 11.7 Å². The zero-order valence-corrected chi connectivity index (χ0v) is 19.1. The molecule has 0 saturated heterocycles. The Balaban J connectivity index is 1.70. The van der Waals surface area contributed by atoms with Crippen molar-refractivity contribution in [2.24, 2.45) is 10.7 Å². The van der Waals surface area contributed by atoms with Crippen LogP contribution >= 0.6 is 0 Å². The molecule has 0 bridgehead atoms. The minimum absolute atomic E-state index is 0.0445. The maximum absolute atomic E-state index is 15.1. The van der Waals surface area contributed by atoms with Crippen molar-refractivity contribution in [2.75, 3.05) is 0 Å². The van der Waals surface area contributed by atoms with Gasteiger partial charge in [0.2, 0.25) is 0 Å². The number of aliphatic hydroxyl groups excluding tert-OH is 1. The summed E-state index contributed by atoms with van der Waals surface area (Å²) in [5, 5.41) is 15.0. The van der Waals surface area contributed by atoms with Gasteiger partial charge >= 0.3 is 0 Å². The number of aromatic nitrogens is 3. The van der Waals surface area contributed by atoms with Gasteiger partial charge in [-0.3, -0.25) is 14.8 Å². The molecule has 0 fully saturated rings. The molecule has 34 heavy (non-hydrogen) atoms. The van der Waals surface area contributed by atoms with Crippen LogP contribution in [0.3, 0.4) is 0 Å². The molecule has 172 valence electrons. The Morgan fingerprint density at radius 2 is 1.94 bits per heavy atom. The number of pyridine rings is 1. The average Bonchev–Trinajstić information content (AvgIpc) is 3.18. The number of aliphatic imine (C=N–C) groups is 1. The van der Waals surface area contributed by atoms with Crippen LogP contribution in [-0.4, -0.2) is 25.7 Å². The summed E-state index contributed by atoms with van der Waals surface area (Å²) in [7, 11) is 0. The molecule has 3 heterocycles. The predicted octanol–water partition coefficient (Wildman–Crippen LogP) is 3.60. The van der Waals surface area contributed by atoms with Gasteiger partial charge in [0.05, 0.1) is 36.1 Å². The van der Waals surface area contributed by atoms with E-state index < -0.39 is 11.4 Å². The number of nitrogens with zero attached hydrogens (tertiary/aromatic N) is 4. The zero-order chi connectivity index (χ0) is 24.2. The second-order valence-corrected chi connectivity index (χ2v) is 9.42. The van der Waals surface area contributed by atoms with Gasteiger partial charge in [0.15, 0.2) is 0 Å². The van der Waals surface area contributed by atoms with Crippen molar-refractivity contribution < 1.29 is 9.50 Å². The number of amidine groups is 1. The number of rotatable bonds is 3. The number of fused-ring (bicyclic) bond motifs is 2. The van der Waals surface area contributed by atoms with E-state index in [0.29, 0.717) is 40.3 Å². The minimum Gasteiger partial charge on any atom is -0.392 e. The number of hydrogen-bond donors (Lipinski definition) is 2. The van der Waals surface area contributed by atoms with Crippen LogP contribution in [0.5, 0.6) is 0 Å². The molecule has 0 saturated carbocycles. The van der Waals surface area contributed by atoms with Crippen molar-refractivity contribution in [1.29, 1.82) is 0 Å². The number of halogens is 1. The highest BCUT2D eigenvalue weighted by molar-refractivity contribution is 6.01. The van der Waals surface area contributed by atoms with Crippen LogP contribution in [0.1, 0.15) is 43.0 Å². The smallest absolute Gasteiger partial charge is 0.282 e. The van der Waals surface area contributed by atoms with Crippen LogP contribution in [0.15, 0.2) is 58.6 Å². The summed E-state index contributed by atoms with van der Waals surface area (Å²) >= 11 is 0. The molecule has 8 heteroatoms. The molecular weight excluding hydrogens is 433 g/mol. The van der Waals surface area contributed by atoms with Gasteiger partial charge < -0.3 is 10.8 Å². The highest BCUT2D eigenvalue weighted by atomic mass is 19.1. The Bertz CT molecular complexity index is 1550. The second kappa shape index (κ2) is 7.85. The third-order valence-corrected chi connectivity index (χ3v) is 6.20. The second-order valence-electron chi connectivity index (χ2n) is 9.42. The average molecular weight is 458 g/mol. The van der Waals surface area contributed by atoms with Gasteiger partial charge in [-0.2, -0.15) is 9.78 Å². The predicted molar refractivity (Wildman–Crippen MR) is 130 cm³/mol. The molecule has 7 nitrogen and oxygen atoms in total. The quantitative estimate of drug-likeness (QED) is 0.489. The zero-order valence-electron chi connectivity index (χ0n) is 19.1. The lowest BCUT2D eigenvalue weighted by atomic mass is 9.86.